The lowest BCUT2D eigenvalue weighted by Gasteiger charge is -2.13. The minimum Gasteiger partial charge on any atom is -0.328 e. The molecule has 0 saturated heterocycles. The zero-order chi connectivity index (χ0) is 9.97. The molecule has 1 atom stereocenters. The van der Waals surface area contributed by atoms with E-state index in [1.807, 2.05) is 22.9 Å². The van der Waals surface area contributed by atoms with Crippen LogP contribution >= 0.6 is 22.9 Å². The highest BCUT2D eigenvalue weighted by atomic mass is 35.5. The van der Waals surface area contributed by atoms with Gasteiger partial charge in [-0.15, -0.1) is 11.3 Å². The van der Waals surface area contributed by atoms with Gasteiger partial charge in [-0.25, -0.2) is 4.98 Å². The van der Waals surface area contributed by atoms with E-state index in [0.717, 1.165) is 9.21 Å². The standard InChI is InChI=1S/C9H10ClN3S/c10-9-2-1-8(14-9)7(5-11)13-4-3-12-6-13/h1-4,6-7H,5,11H2. The third-order valence-electron chi connectivity index (χ3n) is 2.03. The molecule has 2 heterocycles. The second kappa shape index (κ2) is 4.13. The largest absolute Gasteiger partial charge is 0.328 e. The number of nitrogens with zero attached hydrogens (tertiary/aromatic N) is 2. The first-order chi connectivity index (χ1) is 6.81. The fraction of sp³-hybridized carbons (Fsp3) is 0.222. The summed E-state index contributed by atoms with van der Waals surface area (Å²) in [6.45, 7) is 0.549. The third-order valence-corrected chi connectivity index (χ3v) is 3.36. The molecule has 5 heteroatoms. The summed E-state index contributed by atoms with van der Waals surface area (Å²) in [7, 11) is 0. The van der Waals surface area contributed by atoms with E-state index in [1.165, 1.54) is 0 Å². The maximum Gasteiger partial charge on any atom is 0.0952 e. The van der Waals surface area contributed by atoms with Crippen LogP contribution in [0.3, 0.4) is 0 Å². The van der Waals surface area contributed by atoms with Crippen molar-refractivity contribution in [2.24, 2.45) is 5.73 Å². The third kappa shape index (κ3) is 1.82. The van der Waals surface area contributed by atoms with E-state index in [4.69, 9.17) is 17.3 Å². The van der Waals surface area contributed by atoms with Crippen LogP contribution in [0.25, 0.3) is 0 Å². The first-order valence-corrected chi connectivity index (χ1v) is 5.43. The summed E-state index contributed by atoms with van der Waals surface area (Å²) in [5.41, 5.74) is 5.72. The van der Waals surface area contributed by atoms with E-state index in [1.54, 1.807) is 23.9 Å². The monoisotopic (exact) mass is 227 g/mol. The fourth-order valence-corrected chi connectivity index (χ4v) is 2.53. The summed E-state index contributed by atoms with van der Waals surface area (Å²) < 4.78 is 2.78. The highest BCUT2D eigenvalue weighted by Gasteiger charge is 2.12. The summed E-state index contributed by atoms with van der Waals surface area (Å²) in [4.78, 5) is 5.16. The highest BCUT2D eigenvalue weighted by molar-refractivity contribution is 7.16. The molecule has 2 N–H and O–H groups in total. The highest BCUT2D eigenvalue weighted by Crippen LogP contribution is 2.28. The van der Waals surface area contributed by atoms with E-state index in [2.05, 4.69) is 4.98 Å². The first-order valence-electron chi connectivity index (χ1n) is 4.24. The number of imidazole rings is 1. The second-order valence-electron chi connectivity index (χ2n) is 2.90. The summed E-state index contributed by atoms with van der Waals surface area (Å²) in [6.07, 6.45) is 5.42. The number of nitrogens with two attached hydrogens (primary N) is 1. The molecular weight excluding hydrogens is 218 g/mol. The van der Waals surface area contributed by atoms with Crippen LogP contribution in [0, 0.1) is 0 Å². The summed E-state index contributed by atoms with van der Waals surface area (Å²) in [5, 5.41) is 0. The van der Waals surface area contributed by atoms with Crippen LogP contribution in [0.15, 0.2) is 30.9 Å². The van der Waals surface area contributed by atoms with Gasteiger partial charge >= 0.3 is 0 Å². The van der Waals surface area contributed by atoms with E-state index in [-0.39, 0.29) is 6.04 Å². The normalized spacial score (nSPS) is 13.0. The Morgan fingerprint density at radius 2 is 2.43 bits per heavy atom. The van der Waals surface area contributed by atoms with Crippen molar-refractivity contribution in [1.29, 1.82) is 0 Å². The molecule has 0 aliphatic rings. The van der Waals surface area contributed by atoms with E-state index < -0.39 is 0 Å². The van der Waals surface area contributed by atoms with Crippen LogP contribution in [0.5, 0.6) is 0 Å². The zero-order valence-corrected chi connectivity index (χ0v) is 9.00. The van der Waals surface area contributed by atoms with Crippen molar-refractivity contribution in [3.8, 4) is 0 Å². The Bertz CT molecular complexity index is 396. The van der Waals surface area contributed by atoms with Gasteiger partial charge < -0.3 is 10.3 Å². The molecule has 14 heavy (non-hydrogen) atoms. The van der Waals surface area contributed by atoms with E-state index in [0.29, 0.717) is 6.54 Å². The molecule has 0 aromatic carbocycles. The second-order valence-corrected chi connectivity index (χ2v) is 4.65. The van der Waals surface area contributed by atoms with Crippen molar-refractivity contribution in [2.45, 2.75) is 6.04 Å². The Balaban J connectivity index is 2.31. The number of aromatic nitrogens is 2. The average molecular weight is 228 g/mol. The van der Waals surface area contributed by atoms with Gasteiger partial charge in [-0.2, -0.15) is 0 Å². The molecule has 0 spiro atoms. The topological polar surface area (TPSA) is 43.8 Å². The number of halogens is 1. The number of thiophene rings is 1. The molecule has 0 aliphatic carbocycles. The van der Waals surface area contributed by atoms with E-state index in [9.17, 15) is 0 Å². The predicted molar refractivity (Wildman–Crippen MR) is 58.7 cm³/mol. The summed E-state index contributed by atoms with van der Waals surface area (Å²) >= 11 is 7.43. The Labute approximate surface area is 91.1 Å². The zero-order valence-electron chi connectivity index (χ0n) is 7.43. The molecule has 74 valence electrons. The van der Waals surface area contributed by atoms with E-state index >= 15 is 0 Å². The van der Waals surface area contributed by atoms with Gasteiger partial charge in [0.1, 0.15) is 0 Å². The van der Waals surface area contributed by atoms with Crippen molar-refractivity contribution < 1.29 is 0 Å². The number of hydrogen-bond donors (Lipinski definition) is 1. The molecule has 1 unspecified atom stereocenters. The van der Waals surface area contributed by atoms with Crippen molar-refractivity contribution in [3.05, 3.63) is 40.1 Å². The van der Waals surface area contributed by atoms with Crippen LogP contribution in [0.2, 0.25) is 4.34 Å². The van der Waals surface area contributed by atoms with Gasteiger partial charge in [0, 0.05) is 23.8 Å². The molecule has 0 amide bonds. The van der Waals surface area contributed by atoms with Gasteiger partial charge in [-0.3, -0.25) is 0 Å². The van der Waals surface area contributed by atoms with Crippen molar-refractivity contribution in [3.63, 3.8) is 0 Å². The molecule has 2 aromatic rings. The predicted octanol–water partition coefficient (Wildman–Crippen LogP) is 2.15. The molecule has 2 rings (SSSR count). The van der Waals surface area contributed by atoms with Crippen LogP contribution in [-0.4, -0.2) is 16.1 Å². The van der Waals surface area contributed by atoms with Gasteiger partial charge in [0.25, 0.3) is 0 Å². The SMILES string of the molecule is NCC(c1ccc(Cl)s1)n1ccnc1. The Morgan fingerprint density at radius 1 is 1.57 bits per heavy atom. The van der Waals surface area contributed by atoms with Crippen LogP contribution < -0.4 is 5.73 Å². The van der Waals surface area contributed by atoms with Crippen molar-refractivity contribution in [2.75, 3.05) is 6.54 Å². The van der Waals surface area contributed by atoms with Gasteiger partial charge in [0.2, 0.25) is 0 Å². The summed E-state index contributed by atoms with van der Waals surface area (Å²) in [5.74, 6) is 0. The van der Waals surface area contributed by atoms with Gasteiger partial charge in [-0.1, -0.05) is 11.6 Å². The van der Waals surface area contributed by atoms with Crippen molar-refractivity contribution >= 4 is 22.9 Å². The van der Waals surface area contributed by atoms with Gasteiger partial charge in [-0.05, 0) is 12.1 Å². The smallest absolute Gasteiger partial charge is 0.0952 e. The van der Waals surface area contributed by atoms with Crippen molar-refractivity contribution in [1.82, 2.24) is 9.55 Å². The lowest BCUT2D eigenvalue weighted by Crippen LogP contribution is -2.18. The Hall–Kier alpha value is -0.840. The maximum absolute atomic E-state index is 5.88. The molecular formula is C9H10ClN3S. The maximum atomic E-state index is 5.88. The minimum absolute atomic E-state index is 0.148. The Kier molecular flexibility index (Phi) is 2.86. The quantitative estimate of drug-likeness (QED) is 0.873. The Morgan fingerprint density at radius 3 is 2.93 bits per heavy atom. The molecule has 0 bridgehead atoms. The molecule has 0 fully saturated rings. The average Bonchev–Trinajstić information content (AvgIpc) is 2.79. The van der Waals surface area contributed by atoms with Crippen LogP contribution in [0.1, 0.15) is 10.9 Å². The molecule has 0 aliphatic heterocycles. The van der Waals surface area contributed by atoms with Gasteiger partial charge in [0.15, 0.2) is 0 Å². The van der Waals surface area contributed by atoms with Crippen LogP contribution in [0.4, 0.5) is 0 Å². The molecule has 0 radical (unpaired) electrons. The minimum atomic E-state index is 0.148. The molecule has 3 nitrogen and oxygen atoms in total. The molecule has 2 aromatic heterocycles. The van der Waals surface area contributed by atoms with Gasteiger partial charge in [0.05, 0.1) is 16.7 Å². The lowest BCUT2D eigenvalue weighted by atomic mass is 10.2. The fourth-order valence-electron chi connectivity index (χ4n) is 1.35. The number of hydrogen-bond acceptors (Lipinski definition) is 3. The first kappa shape index (κ1) is 9.71. The summed E-state index contributed by atoms with van der Waals surface area (Å²) in [6, 6.07) is 4.04. The lowest BCUT2D eigenvalue weighted by molar-refractivity contribution is 0.604. The number of rotatable bonds is 3. The molecule has 0 saturated carbocycles. The van der Waals surface area contributed by atoms with Crippen LogP contribution in [-0.2, 0) is 0 Å².